The van der Waals surface area contributed by atoms with Gasteiger partial charge in [-0.25, -0.2) is 22.0 Å². The molecular weight excluding hydrogens is 411 g/mol. The molecule has 0 aliphatic rings. The van der Waals surface area contributed by atoms with Crippen molar-refractivity contribution in [2.24, 2.45) is 0 Å². The molecule has 1 aromatic rings. The van der Waals surface area contributed by atoms with E-state index in [1.54, 1.807) is 0 Å². The lowest BCUT2D eigenvalue weighted by Gasteiger charge is -2.29. The Bertz CT molecular complexity index is 580. The SMILES string of the molecule is CCCO[Si](CCCCCc1c(F)c(F)c(F)c(F)c1F)(OCCC)OCCC. The smallest absolute Gasteiger partial charge is 0.373 e. The molecule has 0 saturated carbocycles. The molecule has 29 heavy (non-hydrogen) atoms. The van der Waals surface area contributed by atoms with Crippen LogP contribution in [0.5, 0.6) is 0 Å². The van der Waals surface area contributed by atoms with Gasteiger partial charge in [-0.3, -0.25) is 0 Å². The van der Waals surface area contributed by atoms with E-state index in [1.807, 2.05) is 20.8 Å². The van der Waals surface area contributed by atoms with Gasteiger partial charge in [0.05, 0.1) is 0 Å². The lowest BCUT2D eigenvalue weighted by Crippen LogP contribution is -2.46. The molecular formula is C20H31F5O3Si. The second-order valence-electron chi connectivity index (χ2n) is 6.84. The Hall–Kier alpha value is -1.03. The van der Waals surface area contributed by atoms with Crippen LogP contribution in [0, 0.1) is 29.1 Å². The zero-order valence-electron chi connectivity index (χ0n) is 17.4. The van der Waals surface area contributed by atoms with Crippen molar-refractivity contribution in [3.63, 3.8) is 0 Å². The molecule has 3 nitrogen and oxygen atoms in total. The Kier molecular flexibility index (Phi) is 11.9. The summed E-state index contributed by atoms with van der Waals surface area (Å²) in [4.78, 5) is 0. The molecule has 0 atom stereocenters. The van der Waals surface area contributed by atoms with Gasteiger partial charge in [0.2, 0.25) is 5.82 Å². The molecule has 0 aliphatic heterocycles. The molecule has 0 fully saturated rings. The number of rotatable bonds is 15. The second kappa shape index (κ2) is 13.3. The molecule has 1 rings (SSSR count). The van der Waals surface area contributed by atoms with E-state index in [0.717, 1.165) is 19.3 Å². The predicted octanol–water partition coefficient (Wildman–Crippen LogP) is 6.31. The van der Waals surface area contributed by atoms with Crippen LogP contribution in [-0.2, 0) is 19.7 Å². The van der Waals surface area contributed by atoms with Crippen molar-refractivity contribution in [1.82, 2.24) is 0 Å². The molecule has 0 heterocycles. The van der Waals surface area contributed by atoms with Crippen LogP contribution < -0.4 is 0 Å². The second-order valence-corrected chi connectivity index (χ2v) is 9.57. The zero-order chi connectivity index (χ0) is 21.9. The van der Waals surface area contributed by atoms with Crippen LogP contribution in [0.1, 0.15) is 64.9 Å². The monoisotopic (exact) mass is 442 g/mol. The number of halogens is 5. The highest BCUT2D eigenvalue weighted by Crippen LogP contribution is 2.26. The summed E-state index contributed by atoms with van der Waals surface area (Å²) in [6.07, 6.45) is 3.63. The Balaban J connectivity index is 2.69. The van der Waals surface area contributed by atoms with Gasteiger partial charge >= 0.3 is 8.80 Å². The van der Waals surface area contributed by atoms with Gasteiger partial charge in [-0.1, -0.05) is 27.2 Å². The van der Waals surface area contributed by atoms with E-state index in [4.69, 9.17) is 13.3 Å². The fourth-order valence-electron chi connectivity index (χ4n) is 2.80. The van der Waals surface area contributed by atoms with Crippen LogP contribution in [0.25, 0.3) is 0 Å². The van der Waals surface area contributed by atoms with E-state index in [2.05, 4.69) is 0 Å². The first-order chi connectivity index (χ1) is 13.8. The molecule has 0 aromatic heterocycles. The summed E-state index contributed by atoms with van der Waals surface area (Å²) in [5.41, 5.74) is -0.767. The maximum Gasteiger partial charge on any atom is 0.500 e. The van der Waals surface area contributed by atoms with Crippen LogP contribution in [-0.4, -0.2) is 28.6 Å². The van der Waals surface area contributed by atoms with Gasteiger partial charge in [0.25, 0.3) is 0 Å². The third kappa shape index (κ3) is 7.62. The predicted molar refractivity (Wildman–Crippen MR) is 103 cm³/mol. The van der Waals surface area contributed by atoms with Gasteiger partial charge in [-0.15, -0.1) is 0 Å². The third-order valence-electron chi connectivity index (χ3n) is 4.29. The molecule has 0 saturated heterocycles. The van der Waals surface area contributed by atoms with Crippen molar-refractivity contribution < 1.29 is 35.2 Å². The Morgan fingerprint density at radius 1 is 0.586 bits per heavy atom. The molecule has 0 unspecified atom stereocenters. The number of benzene rings is 1. The van der Waals surface area contributed by atoms with Gasteiger partial charge in [-0.2, -0.15) is 0 Å². The van der Waals surface area contributed by atoms with Crippen molar-refractivity contribution in [1.29, 1.82) is 0 Å². The highest BCUT2D eigenvalue weighted by Gasteiger charge is 2.40. The summed E-state index contributed by atoms with van der Waals surface area (Å²) in [6.45, 7) is 7.52. The minimum atomic E-state index is -2.85. The minimum Gasteiger partial charge on any atom is -0.373 e. The molecule has 0 radical (unpaired) electrons. The molecule has 0 spiro atoms. The van der Waals surface area contributed by atoms with Crippen molar-refractivity contribution in [3.8, 4) is 0 Å². The van der Waals surface area contributed by atoms with Crippen molar-refractivity contribution in [3.05, 3.63) is 34.6 Å². The van der Waals surface area contributed by atoms with E-state index in [0.29, 0.717) is 38.7 Å². The van der Waals surface area contributed by atoms with E-state index in [9.17, 15) is 22.0 Å². The van der Waals surface area contributed by atoms with E-state index >= 15 is 0 Å². The van der Waals surface area contributed by atoms with E-state index < -0.39 is 43.5 Å². The van der Waals surface area contributed by atoms with Gasteiger partial charge in [-0.05, 0) is 38.5 Å². The normalized spacial score (nSPS) is 12.0. The number of unbranched alkanes of at least 4 members (excludes halogenated alkanes) is 2. The van der Waals surface area contributed by atoms with Gasteiger partial charge in [0.15, 0.2) is 23.3 Å². The Morgan fingerprint density at radius 3 is 1.41 bits per heavy atom. The van der Waals surface area contributed by atoms with Crippen molar-refractivity contribution in [2.75, 3.05) is 19.8 Å². The van der Waals surface area contributed by atoms with Crippen molar-refractivity contribution in [2.45, 2.75) is 71.8 Å². The first kappa shape index (κ1) is 26.0. The first-order valence-corrected chi connectivity index (χ1v) is 12.2. The maximum atomic E-state index is 13.7. The lowest BCUT2D eigenvalue weighted by molar-refractivity contribution is 0.0586. The molecule has 0 aliphatic carbocycles. The maximum absolute atomic E-state index is 13.7. The average Bonchev–Trinajstić information content (AvgIpc) is 2.73. The fraction of sp³-hybridized carbons (Fsp3) is 0.700. The van der Waals surface area contributed by atoms with Crippen LogP contribution in [0.15, 0.2) is 0 Å². The lowest BCUT2D eigenvalue weighted by atomic mass is 10.1. The third-order valence-corrected chi connectivity index (χ3v) is 7.19. The summed E-state index contributed by atoms with van der Waals surface area (Å²) in [6, 6.07) is 0.546. The van der Waals surface area contributed by atoms with Crippen LogP contribution in [0.2, 0.25) is 6.04 Å². The van der Waals surface area contributed by atoms with Gasteiger partial charge in [0.1, 0.15) is 0 Å². The molecule has 168 valence electrons. The molecule has 0 bridgehead atoms. The largest absolute Gasteiger partial charge is 0.500 e. The zero-order valence-corrected chi connectivity index (χ0v) is 18.4. The summed E-state index contributed by atoms with van der Waals surface area (Å²) in [7, 11) is -2.85. The average molecular weight is 443 g/mol. The van der Waals surface area contributed by atoms with Crippen LogP contribution >= 0.6 is 0 Å². The summed E-state index contributed by atoms with van der Waals surface area (Å²) in [5, 5.41) is 0. The summed E-state index contributed by atoms with van der Waals surface area (Å²) >= 11 is 0. The molecule has 0 amide bonds. The minimum absolute atomic E-state index is 0.234. The Morgan fingerprint density at radius 2 is 1.00 bits per heavy atom. The fourth-order valence-corrected chi connectivity index (χ4v) is 5.72. The summed E-state index contributed by atoms with van der Waals surface area (Å²) in [5.74, 6) is -9.45. The highest BCUT2D eigenvalue weighted by molar-refractivity contribution is 6.60. The van der Waals surface area contributed by atoms with Crippen LogP contribution in [0.3, 0.4) is 0 Å². The molecule has 9 heteroatoms. The highest BCUT2D eigenvalue weighted by atomic mass is 28.4. The van der Waals surface area contributed by atoms with Gasteiger partial charge in [0, 0.05) is 31.4 Å². The standard InChI is InChI=1S/C20H31F5O3Si/c1-4-11-26-29(27-12-5-2,28-13-6-3)14-9-7-8-10-15-16(21)18(23)20(25)19(24)17(15)22/h4-14H2,1-3H3. The van der Waals surface area contributed by atoms with E-state index in [-0.39, 0.29) is 12.8 Å². The molecule has 0 N–H and O–H groups in total. The van der Waals surface area contributed by atoms with E-state index in [1.165, 1.54) is 0 Å². The first-order valence-electron chi connectivity index (χ1n) is 10.3. The number of hydrogen-bond acceptors (Lipinski definition) is 3. The Labute approximate surface area is 170 Å². The molecule has 1 aromatic carbocycles. The quantitative estimate of drug-likeness (QED) is 0.105. The summed E-state index contributed by atoms with van der Waals surface area (Å²) < 4.78 is 85.1. The van der Waals surface area contributed by atoms with Crippen LogP contribution in [0.4, 0.5) is 22.0 Å². The van der Waals surface area contributed by atoms with Gasteiger partial charge < -0.3 is 13.3 Å². The van der Waals surface area contributed by atoms with Crippen molar-refractivity contribution >= 4 is 8.80 Å². The topological polar surface area (TPSA) is 27.7 Å². The number of hydrogen-bond donors (Lipinski definition) is 0.